The van der Waals surface area contributed by atoms with Crippen molar-refractivity contribution in [1.29, 1.82) is 0 Å². The quantitative estimate of drug-likeness (QED) is 0.137. The number of rotatable bonds is 14. The Morgan fingerprint density at radius 3 is 2.03 bits per heavy atom. The van der Waals surface area contributed by atoms with E-state index in [1.165, 1.54) is 6.92 Å². The molecule has 0 amide bonds. The second-order valence-corrected chi connectivity index (χ2v) is 22.3. The van der Waals surface area contributed by atoms with Gasteiger partial charge in [-0.25, -0.2) is 0 Å². The maximum atomic E-state index is 11.6. The summed E-state index contributed by atoms with van der Waals surface area (Å²) in [4.78, 5) is 11.6. The van der Waals surface area contributed by atoms with Gasteiger partial charge in [-0.2, -0.15) is 0 Å². The van der Waals surface area contributed by atoms with Crippen molar-refractivity contribution < 1.29 is 23.1 Å². The summed E-state index contributed by atoms with van der Waals surface area (Å²) in [6.45, 7) is 25.6. The fourth-order valence-electron chi connectivity index (χ4n) is 3.03. The number of hydrogen-bond donors (Lipinski definition) is 0. The van der Waals surface area contributed by atoms with Crippen LogP contribution in [0, 0.1) is 0 Å². The minimum Gasteiger partial charge on any atom is -0.456 e. The van der Waals surface area contributed by atoms with Crippen LogP contribution in [0.2, 0.25) is 36.3 Å². The van der Waals surface area contributed by atoms with Crippen molar-refractivity contribution in [2.45, 2.75) is 116 Å². The van der Waals surface area contributed by atoms with Crippen LogP contribution in [-0.2, 0) is 29.7 Å². The smallest absolute Gasteiger partial charge is 0.303 e. The summed E-state index contributed by atoms with van der Waals surface area (Å²) < 4.78 is 24.6. The van der Waals surface area contributed by atoms with Crippen LogP contribution < -0.4 is 0 Å². The van der Waals surface area contributed by atoms with E-state index < -0.39 is 22.7 Å². The van der Waals surface area contributed by atoms with Gasteiger partial charge >= 0.3 is 5.97 Å². The molecule has 1 rings (SSSR count). The highest BCUT2D eigenvalue weighted by atomic mass is 28.4. The van der Waals surface area contributed by atoms with Gasteiger partial charge in [0.05, 0.1) is 25.9 Å². The van der Waals surface area contributed by atoms with E-state index in [0.29, 0.717) is 19.8 Å². The first-order chi connectivity index (χ1) is 16.4. The highest BCUT2D eigenvalue weighted by Gasteiger charge is 2.41. The zero-order valence-electron chi connectivity index (χ0n) is 24.8. The highest BCUT2D eigenvalue weighted by Crippen LogP contribution is 2.39. The number of ether oxygens (including phenoxy) is 2. The van der Waals surface area contributed by atoms with Crippen molar-refractivity contribution in [2.75, 3.05) is 13.2 Å². The van der Waals surface area contributed by atoms with E-state index in [2.05, 4.69) is 73.8 Å². The van der Waals surface area contributed by atoms with Gasteiger partial charge in [0.25, 0.3) is 0 Å². The predicted molar refractivity (Wildman–Crippen MR) is 155 cm³/mol. The summed E-state index contributed by atoms with van der Waals surface area (Å²) in [7, 11) is -3.81. The van der Waals surface area contributed by atoms with Gasteiger partial charge < -0.3 is 18.3 Å². The normalized spacial score (nSPS) is 15.2. The molecule has 0 aromatic heterocycles. The molecule has 0 saturated heterocycles. The molecule has 5 nitrogen and oxygen atoms in total. The van der Waals surface area contributed by atoms with Crippen LogP contribution in [-0.4, -0.2) is 48.0 Å². The van der Waals surface area contributed by atoms with E-state index >= 15 is 0 Å². The van der Waals surface area contributed by atoms with Crippen LogP contribution in [0.5, 0.6) is 0 Å². The van der Waals surface area contributed by atoms with Gasteiger partial charge in [-0.05, 0) is 60.7 Å². The van der Waals surface area contributed by atoms with Crippen molar-refractivity contribution in [2.24, 2.45) is 0 Å². The molecule has 0 bridgehead atoms. The zero-order chi connectivity index (χ0) is 27.6. The third-order valence-electron chi connectivity index (χ3n) is 7.42. The molecule has 1 aromatic rings. The summed E-state index contributed by atoms with van der Waals surface area (Å²) in [5, 5.41) is 0.292. The number of hydrogen-bond acceptors (Lipinski definition) is 5. The predicted octanol–water partition coefficient (Wildman–Crippen LogP) is 7.88. The Kier molecular flexibility index (Phi) is 12.8. The average Bonchev–Trinajstić information content (AvgIpc) is 2.73. The van der Waals surface area contributed by atoms with E-state index in [-0.39, 0.29) is 22.1 Å². The first-order valence-electron chi connectivity index (χ1n) is 13.2. The molecule has 1 unspecified atom stereocenters. The molecule has 0 aliphatic rings. The fraction of sp³-hybridized carbons (Fsp3) is 0.690. The number of esters is 1. The molecule has 2 atom stereocenters. The Morgan fingerprint density at radius 1 is 0.917 bits per heavy atom. The van der Waals surface area contributed by atoms with Crippen molar-refractivity contribution in [1.82, 2.24) is 0 Å². The molecule has 0 spiro atoms. The molecule has 7 heteroatoms. The zero-order valence-corrected chi connectivity index (χ0v) is 26.8. The van der Waals surface area contributed by atoms with E-state index in [1.54, 1.807) is 0 Å². The third kappa shape index (κ3) is 11.9. The first kappa shape index (κ1) is 32.8. The van der Waals surface area contributed by atoms with Crippen LogP contribution in [0.3, 0.4) is 0 Å². The Hall–Kier alpha value is -1.26. The molecule has 0 saturated carbocycles. The van der Waals surface area contributed by atoms with Crippen molar-refractivity contribution in [3.05, 3.63) is 48.0 Å². The Balaban J connectivity index is 2.78. The number of carbonyl (C=O) groups excluding carboxylic acids is 1. The largest absolute Gasteiger partial charge is 0.456 e. The molecule has 1 aromatic carbocycles. The third-order valence-corrected chi connectivity index (χ3v) is 16.5. The fourth-order valence-corrected chi connectivity index (χ4v) is 5.44. The SMILES string of the molecule is CC(=O)OC(/C=C/CC[C@@H](CO[Si](C)(C)C(C)(C)C)O[Si](C)(C)C(C)(C)C)COCc1ccccc1. The molecule has 0 aliphatic heterocycles. The second-order valence-electron chi connectivity index (χ2n) is 12.7. The molecule has 0 fully saturated rings. The van der Waals surface area contributed by atoms with Crippen LogP contribution in [0.25, 0.3) is 0 Å². The lowest BCUT2D eigenvalue weighted by Crippen LogP contribution is -2.47. The summed E-state index contributed by atoms with van der Waals surface area (Å²) in [5.41, 5.74) is 1.09. The second kappa shape index (κ2) is 14.1. The summed E-state index contributed by atoms with van der Waals surface area (Å²) >= 11 is 0. The van der Waals surface area contributed by atoms with Gasteiger partial charge in [0.2, 0.25) is 0 Å². The van der Waals surface area contributed by atoms with Crippen LogP contribution in [0.1, 0.15) is 66.9 Å². The lowest BCUT2D eigenvalue weighted by atomic mass is 10.2. The van der Waals surface area contributed by atoms with E-state index in [4.69, 9.17) is 18.3 Å². The minimum absolute atomic E-state index is 0.0335. The highest BCUT2D eigenvalue weighted by molar-refractivity contribution is 6.74. The Morgan fingerprint density at radius 2 is 1.50 bits per heavy atom. The summed E-state index contributed by atoms with van der Waals surface area (Å²) in [6.07, 6.45) is 5.31. The minimum atomic E-state index is -1.94. The lowest BCUT2D eigenvalue weighted by molar-refractivity contribution is -0.146. The molecule has 0 N–H and O–H groups in total. The maximum Gasteiger partial charge on any atom is 0.303 e. The van der Waals surface area contributed by atoms with Gasteiger partial charge in [-0.3, -0.25) is 4.79 Å². The lowest BCUT2D eigenvalue weighted by Gasteiger charge is -2.41. The van der Waals surface area contributed by atoms with Crippen LogP contribution in [0.4, 0.5) is 0 Å². The molecule has 206 valence electrons. The van der Waals surface area contributed by atoms with E-state index in [9.17, 15) is 4.79 Å². The van der Waals surface area contributed by atoms with Crippen molar-refractivity contribution in [3.63, 3.8) is 0 Å². The van der Waals surface area contributed by atoms with Gasteiger partial charge in [-0.15, -0.1) is 0 Å². The van der Waals surface area contributed by atoms with Gasteiger partial charge in [0.1, 0.15) is 6.10 Å². The topological polar surface area (TPSA) is 54.0 Å². The van der Waals surface area contributed by atoms with Gasteiger partial charge in [-0.1, -0.05) is 78.0 Å². The van der Waals surface area contributed by atoms with Crippen LogP contribution >= 0.6 is 0 Å². The number of benzene rings is 1. The molecular formula is C29H52O5Si2. The van der Waals surface area contributed by atoms with E-state index in [1.807, 2.05) is 36.4 Å². The molecule has 36 heavy (non-hydrogen) atoms. The number of carbonyl (C=O) groups is 1. The van der Waals surface area contributed by atoms with Crippen molar-refractivity contribution in [3.8, 4) is 0 Å². The van der Waals surface area contributed by atoms with Crippen LogP contribution in [0.15, 0.2) is 42.5 Å². The molecular weight excluding hydrogens is 484 g/mol. The van der Waals surface area contributed by atoms with E-state index in [0.717, 1.165) is 18.4 Å². The first-order valence-corrected chi connectivity index (χ1v) is 19.0. The Bertz CT molecular complexity index is 807. The monoisotopic (exact) mass is 536 g/mol. The average molecular weight is 537 g/mol. The molecule has 0 radical (unpaired) electrons. The van der Waals surface area contributed by atoms with Crippen molar-refractivity contribution >= 4 is 22.6 Å². The standard InChI is InChI=1S/C29H52O5Si2/c1-24(30)33-26(22-31-21-25-17-13-12-14-18-25)19-15-16-20-27(34-36(10,11)29(5,6)7)23-32-35(8,9)28(2,3)4/h12-15,17-19,26-27H,16,20-23H2,1-11H3/b19-15+/t26?,27-/m0/s1. The molecule has 0 heterocycles. The molecule has 0 aliphatic carbocycles. The summed E-state index contributed by atoms with van der Waals surface area (Å²) in [5.74, 6) is -0.310. The van der Waals surface area contributed by atoms with Gasteiger partial charge in [0.15, 0.2) is 16.6 Å². The maximum absolute atomic E-state index is 11.6. The summed E-state index contributed by atoms with van der Waals surface area (Å²) in [6, 6.07) is 9.99. The number of allylic oxidation sites excluding steroid dienone is 1. The van der Waals surface area contributed by atoms with Gasteiger partial charge in [0, 0.05) is 6.92 Å². The Labute approximate surface area is 223 Å².